The van der Waals surface area contributed by atoms with Crippen LogP contribution >= 0.6 is 0 Å². The molecule has 0 amide bonds. The van der Waals surface area contributed by atoms with Gasteiger partial charge in [0.05, 0.1) is 14.2 Å². The lowest BCUT2D eigenvalue weighted by molar-refractivity contribution is 0.394. The Morgan fingerprint density at radius 2 is 1.75 bits per heavy atom. The van der Waals surface area contributed by atoms with Gasteiger partial charge in [-0.2, -0.15) is 0 Å². The summed E-state index contributed by atoms with van der Waals surface area (Å²) < 4.78 is 10.5. The van der Waals surface area contributed by atoms with Gasteiger partial charge in [0.2, 0.25) is 0 Å². The van der Waals surface area contributed by atoms with Crippen molar-refractivity contribution in [3.63, 3.8) is 0 Å². The van der Waals surface area contributed by atoms with E-state index >= 15 is 0 Å². The number of ether oxygens (including phenoxy) is 2. The quantitative estimate of drug-likeness (QED) is 0.844. The number of hydrogen-bond donors (Lipinski definition) is 1. The van der Waals surface area contributed by atoms with E-state index in [0.29, 0.717) is 0 Å². The number of nitrogens with one attached hydrogen (secondary N) is 1. The summed E-state index contributed by atoms with van der Waals surface area (Å²) in [6.45, 7) is 1.97. The average Bonchev–Trinajstić information content (AvgIpc) is 2.39. The van der Waals surface area contributed by atoms with E-state index in [-0.39, 0.29) is 0 Å². The van der Waals surface area contributed by atoms with E-state index in [1.807, 2.05) is 6.07 Å². The topological polar surface area (TPSA) is 30.5 Å². The first-order chi connectivity index (χ1) is 7.83. The second kappa shape index (κ2) is 5.03. The Labute approximate surface area is 96.1 Å². The maximum absolute atomic E-state index is 5.27. The Kier molecular flexibility index (Phi) is 3.47. The zero-order valence-corrected chi connectivity index (χ0v) is 9.75. The summed E-state index contributed by atoms with van der Waals surface area (Å²) in [5, 5.41) is 3.30. The van der Waals surface area contributed by atoms with E-state index in [2.05, 4.69) is 23.5 Å². The van der Waals surface area contributed by atoms with Gasteiger partial charge >= 0.3 is 0 Å². The molecule has 0 aliphatic carbocycles. The molecule has 16 heavy (non-hydrogen) atoms. The fourth-order valence-corrected chi connectivity index (χ4v) is 1.88. The van der Waals surface area contributed by atoms with Crippen LogP contribution in [0.15, 0.2) is 24.3 Å². The van der Waals surface area contributed by atoms with Crippen LogP contribution < -0.4 is 14.8 Å². The minimum Gasteiger partial charge on any atom is -0.497 e. The summed E-state index contributed by atoms with van der Waals surface area (Å²) in [5.41, 5.74) is 2.55. The second-order valence-corrected chi connectivity index (χ2v) is 3.78. The van der Waals surface area contributed by atoms with Gasteiger partial charge < -0.3 is 14.8 Å². The van der Waals surface area contributed by atoms with Gasteiger partial charge in [-0.25, -0.2) is 0 Å². The van der Waals surface area contributed by atoms with Gasteiger partial charge in [0.25, 0.3) is 0 Å². The lowest BCUT2D eigenvalue weighted by atomic mass is 10.00. The Balaban J connectivity index is 2.35. The van der Waals surface area contributed by atoms with Crippen molar-refractivity contribution in [2.75, 3.05) is 27.3 Å². The molecule has 1 aliphatic rings. The number of rotatable bonds is 3. The molecule has 0 unspecified atom stereocenters. The first-order valence-corrected chi connectivity index (χ1v) is 5.46. The van der Waals surface area contributed by atoms with Crippen LogP contribution in [0.1, 0.15) is 12.0 Å². The molecule has 86 valence electrons. The van der Waals surface area contributed by atoms with E-state index in [4.69, 9.17) is 9.47 Å². The SMILES string of the molecule is COc1cc(OC)cc(C2=CCNCC2)c1. The number of methoxy groups -OCH3 is 2. The van der Waals surface area contributed by atoms with Crippen molar-refractivity contribution in [1.29, 1.82) is 0 Å². The Morgan fingerprint density at radius 1 is 1.06 bits per heavy atom. The van der Waals surface area contributed by atoms with Crippen LogP contribution in [0.2, 0.25) is 0 Å². The monoisotopic (exact) mass is 219 g/mol. The largest absolute Gasteiger partial charge is 0.497 e. The summed E-state index contributed by atoms with van der Waals surface area (Å²) in [7, 11) is 3.35. The molecule has 0 saturated heterocycles. The van der Waals surface area contributed by atoms with Crippen molar-refractivity contribution in [1.82, 2.24) is 5.32 Å². The van der Waals surface area contributed by atoms with Crippen LogP contribution in [0, 0.1) is 0 Å². The molecule has 3 nitrogen and oxygen atoms in total. The lowest BCUT2D eigenvalue weighted by Crippen LogP contribution is -2.20. The standard InChI is InChI=1S/C13H17NO2/c1-15-12-7-11(8-13(9-12)16-2)10-3-5-14-6-4-10/h3,7-9,14H,4-6H2,1-2H3. The van der Waals surface area contributed by atoms with Gasteiger partial charge in [0.1, 0.15) is 11.5 Å². The van der Waals surface area contributed by atoms with E-state index < -0.39 is 0 Å². The molecular weight excluding hydrogens is 202 g/mol. The molecule has 0 radical (unpaired) electrons. The fourth-order valence-electron chi connectivity index (χ4n) is 1.88. The predicted molar refractivity (Wildman–Crippen MR) is 65.0 cm³/mol. The van der Waals surface area contributed by atoms with Gasteiger partial charge in [0.15, 0.2) is 0 Å². The summed E-state index contributed by atoms with van der Waals surface area (Å²) in [6, 6.07) is 6.00. The van der Waals surface area contributed by atoms with Gasteiger partial charge in [-0.3, -0.25) is 0 Å². The Morgan fingerprint density at radius 3 is 2.25 bits per heavy atom. The third kappa shape index (κ3) is 2.36. The van der Waals surface area contributed by atoms with E-state index in [1.54, 1.807) is 14.2 Å². The van der Waals surface area contributed by atoms with Crippen molar-refractivity contribution in [2.24, 2.45) is 0 Å². The molecular formula is C13H17NO2. The summed E-state index contributed by atoms with van der Waals surface area (Å²) in [6.07, 6.45) is 3.27. The van der Waals surface area contributed by atoms with Gasteiger partial charge in [-0.15, -0.1) is 0 Å². The zero-order chi connectivity index (χ0) is 11.4. The molecule has 0 atom stereocenters. The predicted octanol–water partition coefficient (Wildman–Crippen LogP) is 2.08. The summed E-state index contributed by atoms with van der Waals surface area (Å²) in [4.78, 5) is 0. The van der Waals surface area contributed by atoms with E-state index in [0.717, 1.165) is 31.0 Å². The number of benzene rings is 1. The van der Waals surface area contributed by atoms with Crippen molar-refractivity contribution in [3.05, 3.63) is 29.8 Å². The van der Waals surface area contributed by atoms with Gasteiger partial charge in [-0.05, 0) is 36.2 Å². The van der Waals surface area contributed by atoms with Crippen molar-refractivity contribution in [2.45, 2.75) is 6.42 Å². The zero-order valence-electron chi connectivity index (χ0n) is 9.75. The first-order valence-electron chi connectivity index (χ1n) is 5.46. The van der Waals surface area contributed by atoms with Crippen LogP contribution in [0.5, 0.6) is 11.5 Å². The molecule has 2 rings (SSSR count). The molecule has 1 heterocycles. The molecule has 0 aromatic heterocycles. The molecule has 0 spiro atoms. The molecule has 1 N–H and O–H groups in total. The van der Waals surface area contributed by atoms with Crippen LogP contribution in [-0.2, 0) is 0 Å². The van der Waals surface area contributed by atoms with Gasteiger partial charge in [0, 0.05) is 12.6 Å². The normalized spacial score (nSPS) is 15.5. The Hall–Kier alpha value is -1.48. The summed E-state index contributed by atoms with van der Waals surface area (Å²) in [5.74, 6) is 1.68. The first kappa shape index (κ1) is 11.0. The highest BCUT2D eigenvalue weighted by Gasteiger charge is 2.08. The maximum Gasteiger partial charge on any atom is 0.123 e. The van der Waals surface area contributed by atoms with E-state index in [9.17, 15) is 0 Å². The molecule has 0 fully saturated rings. The Bertz CT molecular complexity index is 377. The highest BCUT2D eigenvalue weighted by atomic mass is 16.5. The molecule has 0 saturated carbocycles. The molecule has 0 bridgehead atoms. The fraction of sp³-hybridized carbons (Fsp3) is 0.385. The van der Waals surface area contributed by atoms with Crippen molar-refractivity contribution < 1.29 is 9.47 Å². The van der Waals surface area contributed by atoms with Gasteiger partial charge in [-0.1, -0.05) is 6.08 Å². The maximum atomic E-state index is 5.27. The summed E-state index contributed by atoms with van der Waals surface area (Å²) >= 11 is 0. The van der Waals surface area contributed by atoms with Crippen molar-refractivity contribution >= 4 is 5.57 Å². The molecule has 3 heteroatoms. The smallest absolute Gasteiger partial charge is 0.123 e. The molecule has 1 aromatic rings. The minimum absolute atomic E-state index is 0.841. The highest BCUT2D eigenvalue weighted by Crippen LogP contribution is 2.28. The van der Waals surface area contributed by atoms with Crippen LogP contribution in [0.4, 0.5) is 0 Å². The van der Waals surface area contributed by atoms with Crippen LogP contribution in [0.25, 0.3) is 5.57 Å². The average molecular weight is 219 g/mol. The highest BCUT2D eigenvalue weighted by molar-refractivity contribution is 5.69. The van der Waals surface area contributed by atoms with Crippen LogP contribution in [0.3, 0.4) is 0 Å². The number of hydrogen-bond acceptors (Lipinski definition) is 3. The molecule has 1 aromatic carbocycles. The second-order valence-electron chi connectivity index (χ2n) is 3.78. The molecule has 1 aliphatic heterocycles. The minimum atomic E-state index is 0.841. The third-order valence-electron chi connectivity index (χ3n) is 2.79. The third-order valence-corrected chi connectivity index (χ3v) is 2.79. The van der Waals surface area contributed by atoms with E-state index in [1.165, 1.54) is 11.1 Å². The van der Waals surface area contributed by atoms with Crippen molar-refractivity contribution in [3.8, 4) is 11.5 Å². The van der Waals surface area contributed by atoms with Crippen LogP contribution in [-0.4, -0.2) is 27.3 Å². The lowest BCUT2D eigenvalue weighted by Gasteiger charge is -2.15.